The maximum absolute atomic E-state index is 11.9. The van der Waals surface area contributed by atoms with Gasteiger partial charge in [-0.05, 0) is 25.0 Å². The van der Waals surface area contributed by atoms with Crippen LogP contribution in [0.3, 0.4) is 0 Å². The summed E-state index contributed by atoms with van der Waals surface area (Å²) in [6, 6.07) is 11.7. The number of carbonyl (C=O) groups is 1. The van der Waals surface area contributed by atoms with Gasteiger partial charge in [-0.3, -0.25) is 9.48 Å². The van der Waals surface area contributed by atoms with Gasteiger partial charge in [-0.15, -0.1) is 0 Å². The fourth-order valence-corrected chi connectivity index (χ4v) is 1.75. The molecule has 0 radical (unpaired) electrons. The van der Waals surface area contributed by atoms with E-state index in [1.165, 1.54) is 5.56 Å². The Hall–Kier alpha value is -2.10. The molecule has 0 aliphatic rings. The first-order valence-corrected chi connectivity index (χ1v) is 6.08. The van der Waals surface area contributed by atoms with Gasteiger partial charge in [-0.2, -0.15) is 5.10 Å². The van der Waals surface area contributed by atoms with E-state index in [4.69, 9.17) is 0 Å². The fourth-order valence-electron chi connectivity index (χ4n) is 1.75. The van der Waals surface area contributed by atoms with Gasteiger partial charge >= 0.3 is 0 Å². The van der Waals surface area contributed by atoms with E-state index >= 15 is 0 Å². The molecule has 1 atom stereocenters. The average Bonchev–Trinajstić information content (AvgIpc) is 2.93. The van der Waals surface area contributed by atoms with Crippen molar-refractivity contribution in [2.24, 2.45) is 0 Å². The first-order valence-electron chi connectivity index (χ1n) is 6.08. The second-order valence-electron chi connectivity index (χ2n) is 4.19. The van der Waals surface area contributed by atoms with Gasteiger partial charge in [-0.1, -0.05) is 30.3 Å². The van der Waals surface area contributed by atoms with Gasteiger partial charge in [0.15, 0.2) is 0 Å². The summed E-state index contributed by atoms with van der Waals surface area (Å²) < 4.78 is 1.65. The van der Waals surface area contributed by atoms with Gasteiger partial charge in [0.2, 0.25) is 5.91 Å². The van der Waals surface area contributed by atoms with Crippen LogP contribution in [0.25, 0.3) is 0 Å². The first-order chi connectivity index (χ1) is 8.77. The zero-order valence-electron chi connectivity index (χ0n) is 10.4. The Balaban J connectivity index is 1.79. The molecule has 18 heavy (non-hydrogen) atoms. The Bertz CT molecular complexity index is 479. The van der Waals surface area contributed by atoms with Crippen LogP contribution in [-0.2, 0) is 11.2 Å². The molecule has 1 amide bonds. The zero-order valence-corrected chi connectivity index (χ0v) is 10.4. The molecule has 0 saturated carbocycles. The van der Waals surface area contributed by atoms with Crippen molar-refractivity contribution in [3.63, 3.8) is 0 Å². The molecule has 1 unspecified atom stereocenters. The summed E-state index contributed by atoms with van der Waals surface area (Å²) >= 11 is 0. The largest absolute Gasteiger partial charge is 0.354 e. The molecule has 94 valence electrons. The van der Waals surface area contributed by atoms with Gasteiger partial charge in [0.1, 0.15) is 6.04 Å². The van der Waals surface area contributed by atoms with Crippen molar-refractivity contribution in [3.05, 3.63) is 54.4 Å². The summed E-state index contributed by atoms with van der Waals surface area (Å²) in [5, 5.41) is 6.98. The molecule has 0 aliphatic carbocycles. The van der Waals surface area contributed by atoms with Gasteiger partial charge in [-0.25, -0.2) is 0 Å². The summed E-state index contributed by atoms with van der Waals surface area (Å²) in [6.07, 6.45) is 4.31. The molecule has 0 saturated heterocycles. The molecule has 4 heteroatoms. The van der Waals surface area contributed by atoms with E-state index in [-0.39, 0.29) is 11.9 Å². The first kappa shape index (κ1) is 12.4. The maximum atomic E-state index is 11.9. The van der Waals surface area contributed by atoms with Crippen LogP contribution in [0.15, 0.2) is 48.8 Å². The van der Waals surface area contributed by atoms with Gasteiger partial charge in [0.25, 0.3) is 0 Å². The number of nitrogens with one attached hydrogen (secondary N) is 1. The summed E-state index contributed by atoms with van der Waals surface area (Å²) in [5.74, 6) is -0.00497. The highest BCUT2D eigenvalue weighted by molar-refractivity contribution is 5.79. The third-order valence-corrected chi connectivity index (χ3v) is 2.86. The quantitative estimate of drug-likeness (QED) is 0.870. The minimum absolute atomic E-state index is 0.00497. The summed E-state index contributed by atoms with van der Waals surface area (Å²) in [7, 11) is 0. The molecule has 0 bridgehead atoms. The highest BCUT2D eigenvalue weighted by Gasteiger charge is 2.13. The van der Waals surface area contributed by atoms with Crippen LogP contribution < -0.4 is 5.32 Å². The topological polar surface area (TPSA) is 46.9 Å². The predicted molar refractivity (Wildman–Crippen MR) is 70.1 cm³/mol. The van der Waals surface area contributed by atoms with Crippen LogP contribution in [-0.4, -0.2) is 22.2 Å². The molecule has 1 heterocycles. The van der Waals surface area contributed by atoms with Crippen molar-refractivity contribution in [2.75, 3.05) is 6.54 Å². The van der Waals surface area contributed by atoms with Crippen molar-refractivity contribution in [1.82, 2.24) is 15.1 Å². The normalized spacial score (nSPS) is 12.1. The SMILES string of the molecule is CC(C(=O)NCCc1ccccc1)n1cccn1. The minimum Gasteiger partial charge on any atom is -0.354 e. The molecule has 1 aromatic heterocycles. The second kappa shape index (κ2) is 6.00. The smallest absolute Gasteiger partial charge is 0.244 e. The van der Waals surface area contributed by atoms with E-state index in [1.54, 1.807) is 17.1 Å². The lowest BCUT2D eigenvalue weighted by Crippen LogP contribution is -2.32. The summed E-state index contributed by atoms with van der Waals surface area (Å²) in [5.41, 5.74) is 1.23. The molecular formula is C14H17N3O. The van der Waals surface area contributed by atoms with Crippen molar-refractivity contribution in [2.45, 2.75) is 19.4 Å². The van der Waals surface area contributed by atoms with Crippen LogP contribution in [0.4, 0.5) is 0 Å². The summed E-state index contributed by atoms with van der Waals surface area (Å²) in [4.78, 5) is 11.9. The van der Waals surface area contributed by atoms with Crippen LogP contribution in [0.1, 0.15) is 18.5 Å². The molecule has 4 nitrogen and oxygen atoms in total. The Morgan fingerprint density at radius 2 is 2.11 bits per heavy atom. The van der Waals surface area contributed by atoms with E-state index in [0.717, 1.165) is 6.42 Å². The average molecular weight is 243 g/mol. The standard InChI is InChI=1S/C14H17N3O/c1-12(17-11-5-9-16-17)14(18)15-10-8-13-6-3-2-4-7-13/h2-7,9,11-12H,8,10H2,1H3,(H,15,18). The second-order valence-corrected chi connectivity index (χ2v) is 4.19. The number of nitrogens with zero attached hydrogens (tertiary/aromatic N) is 2. The molecule has 2 aromatic rings. The van der Waals surface area contributed by atoms with Crippen LogP contribution >= 0.6 is 0 Å². The predicted octanol–water partition coefficient (Wildman–Crippen LogP) is 1.80. The number of aromatic nitrogens is 2. The van der Waals surface area contributed by atoms with Crippen molar-refractivity contribution in [3.8, 4) is 0 Å². The molecule has 0 aliphatic heterocycles. The summed E-state index contributed by atoms with van der Waals surface area (Å²) in [6.45, 7) is 2.49. The molecule has 0 spiro atoms. The third-order valence-electron chi connectivity index (χ3n) is 2.86. The van der Waals surface area contributed by atoms with Crippen molar-refractivity contribution >= 4 is 5.91 Å². The number of carbonyl (C=O) groups excluding carboxylic acids is 1. The van der Waals surface area contributed by atoms with Crippen LogP contribution in [0, 0.1) is 0 Å². The lowest BCUT2D eigenvalue weighted by Gasteiger charge is -2.12. The van der Waals surface area contributed by atoms with E-state index in [1.807, 2.05) is 31.2 Å². The van der Waals surface area contributed by atoms with Crippen LogP contribution in [0.2, 0.25) is 0 Å². The highest BCUT2D eigenvalue weighted by atomic mass is 16.2. The van der Waals surface area contributed by atoms with E-state index in [2.05, 4.69) is 22.5 Å². The van der Waals surface area contributed by atoms with E-state index in [9.17, 15) is 4.79 Å². The highest BCUT2D eigenvalue weighted by Crippen LogP contribution is 2.03. The lowest BCUT2D eigenvalue weighted by atomic mass is 10.1. The van der Waals surface area contributed by atoms with Gasteiger partial charge in [0, 0.05) is 18.9 Å². The Morgan fingerprint density at radius 1 is 1.33 bits per heavy atom. The van der Waals surface area contributed by atoms with E-state index < -0.39 is 0 Å². The third kappa shape index (κ3) is 3.20. The molecule has 2 rings (SSSR count). The Labute approximate surface area is 107 Å². The zero-order chi connectivity index (χ0) is 12.8. The molecule has 1 N–H and O–H groups in total. The molecular weight excluding hydrogens is 226 g/mol. The Kier molecular flexibility index (Phi) is 4.12. The minimum atomic E-state index is -0.268. The fraction of sp³-hybridized carbons (Fsp3) is 0.286. The number of hydrogen-bond donors (Lipinski definition) is 1. The Morgan fingerprint density at radius 3 is 2.78 bits per heavy atom. The number of benzene rings is 1. The van der Waals surface area contributed by atoms with E-state index in [0.29, 0.717) is 6.54 Å². The monoisotopic (exact) mass is 243 g/mol. The van der Waals surface area contributed by atoms with Gasteiger partial charge in [0.05, 0.1) is 0 Å². The number of amides is 1. The molecule has 0 fully saturated rings. The van der Waals surface area contributed by atoms with Crippen LogP contribution in [0.5, 0.6) is 0 Å². The van der Waals surface area contributed by atoms with Gasteiger partial charge < -0.3 is 5.32 Å². The van der Waals surface area contributed by atoms with Crippen molar-refractivity contribution < 1.29 is 4.79 Å². The molecule has 1 aromatic carbocycles. The lowest BCUT2D eigenvalue weighted by molar-refractivity contribution is -0.124. The number of rotatable bonds is 5. The van der Waals surface area contributed by atoms with Crippen molar-refractivity contribution in [1.29, 1.82) is 0 Å². The maximum Gasteiger partial charge on any atom is 0.244 e. The number of hydrogen-bond acceptors (Lipinski definition) is 2.